The fourth-order valence-electron chi connectivity index (χ4n) is 4.22. The number of hydrogen-bond donors (Lipinski definition) is 0. The largest absolute Gasteiger partial charge is 0.490 e. The summed E-state index contributed by atoms with van der Waals surface area (Å²) in [4.78, 5) is 21.4. The molecule has 0 radical (unpaired) electrons. The summed E-state index contributed by atoms with van der Waals surface area (Å²) < 4.78 is 25.2. The molecule has 3 heterocycles. The molecular formula is C24H23FN6O3. The van der Waals surface area contributed by atoms with Crippen LogP contribution in [0.1, 0.15) is 47.6 Å². The Labute approximate surface area is 195 Å². The van der Waals surface area contributed by atoms with E-state index in [2.05, 4.69) is 20.3 Å². The molecule has 1 fully saturated rings. The van der Waals surface area contributed by atoms with E-state index in [1.54, 1.807) is 36.4 Å². The number of halogens is 1. The number of carbonyl (C=O) groups excluding carboxylic acids is 1. The molecular weight excluding hydrogens is 439 g/mol. The van der Waals surface area contributed by atoms with Gasteiger partial charge in [0.2, 0.25) is 0 Å². The highest BCUT2D eigenvalue weighted by Crippen LogP contribution is 2.36. The molecule has 1 unspecified atom stereocenters. The lowest BCUT2D eigenvalue weighted by molar-refractivity contribution is 0.0728. The van der Waals surface area contributed by atoms with Gasteiger partial charge in [-0.3, -0.25) is 4.79 Å². The molecule has 0 N–H and O–H groups in total. The van der Waals surface area contributed by atoms with Gasteiger partial charge in [-0.05, 0) is 51.0 Å². The van der Waals surface area contributed by atoms with Gasteiger partial charge in [0.05, 0.1) is 41.9 Å². The van der Waals surface area contributed by atoms with E-state index in [0.717, 1.165) is 12.0 Å². The summed E-state index contributed by atoms with van der Waals surface area (Å²) in [6, 6.07) is 9.75. The van der Waals surface area contributed by atoms with Crippen LogP contribution >= 0.6 is 0 Å². The van der Waals surface area contributed by atoms with Gasteiger partial charge in [-0.15, -0.1) is 0 Å². The molecule has 2 aromatic heterocycles. The molecule has 34 heavy (non-hydrogen) atoms. The highest BCUT2D eigenvalue weighted by Gasteiger charge is 2.35. The monoisotopic (exact) mass is 462 g/mol. The molecule has 1 aliphatic heterocycles. The maximum Gasteiger partial charge on any atom is 0.261 e. The van der Waals surface area contributed by atoms with Gasteiger partial charge in [-0.25, -0.2) is 4.39 Å². The van der Waals surface area contributed by atoms with Crippen LogP contribution in [0.15, 0.2) is 53.3 Å². The zero-order valence-electron chi connectivity index (χ0n) is 18.8. The van der Waals surface area contributed by atoms with Crippen molar-refractivity contribution in [2.75, 3.05) is 13.2 Å². The number of aryl methyl sites for hydroxylation is 1. The van der Waals surface area contributed by atoms with Crippen molar-refractivity contribution in [3.05, 3.63) is 71.6 Å². The predicted molar refractivity (Wildman–Crippen MR) is 120 cm³/mol. The van der Waals surface area contributed by atoms with E-state index < -0.39 is 5.82 Å². The Morgan fingerprint density at radius 1 is 1.24 bits per heavy atom. The minimum atomic E-state index is -0.504. The van der Waals surface area contributed by atoms with Crippen molar-refractivity contribution in [1.29, 1.82) is 0 Å². The van der Waals surface area contributed by atoms with Gasteiger partial charge < -0.3 is 14.2 Å². The molecule has 1 amide bonds. The molecule has 0 spiro atoms. The molecule has 174 valence electrons. The maximum absolute atomic E-state index is 14.3. The zero-order valence-corrected chi connectivity index (χ0v) is 18.8. The van der Waals surface area contributed by atoms with Crippen molar-refractivity contribution in [1.82, 2.24) is 30.0 Å². The van der Waals surface area contributed by atoms with Crippen LogP contribution in [0.3, 0.4) is 0 Å². The van der Waals surface area contributed by atoms with Crippen molar-refractivity contribution in [3.63, 3.8) is 0 Å². The summed E-state index contributed by atoms with van der Waals surface area (Å²) in [6.07, 6.45) is 4.62. The quantitative estimate of drug-likeness (QED) is 0.425. The zero-order chi connectivity index (χ0) is 23.7. The van der Waals surface area contributed by atoms with Gasteiger partial charge in [0.25, 0.3) is 11.8 Å². The van der Waals surface area contributed by atoms with Crippen molar-refractivity contribution in [2.24, 2.45) is 0 Å². The molecule has 9 nitrogen and oxygen atoms in total. The number of aromatic nitrogens is 5. The molecule has 5 rings (SSSR count). The normalized spacial score (nSPS) is 15.6. The molecule has 4 aromatic rings. The molecule has 0 bridgehead atoms. The highest BCUT2D eigenvalue weighted by atomic mass is 19.1. The fraction of sp³-hybridized carbons (Fsp3) is 0.292. The summed E-state index contributed by atoms with van der Waals surface area (Å²) >= 11 is 0. The Kier molecular flexibility index (Phi) is 5.79. The average Bonchev–Trinajstić information content (AvgIpc) is 3.61. The lowest BCUT2D eigenvalue weighted by atomic mass is 10.1. The number of ether oxygens (including phenoxy) is 1. The average molecular weight is 462 g/mol. The minimum absolute atomic E-state index is 0.0654. The van der Waals surface area contributed by atoms with Crippen molar-refractivity contribution >= 4 is 5.91 Å². The van der Waals surface area contributed by atoms with Crippen LogP contribution in [0.25, 0.3) is 17.1 Å². The van der Waals surface area contributed by atoms with Crippen LogP contribution in [0.2, 0.25) is 0 Å². The number of nitrogens with zero attached hydrogens (tertiary/aromatic N) is 6. The van der Waals surface area contributed by atoms with E-state index in [1.807, 2.05) is 25.1 Å². The van der Waals surface area contributed by atoms with Crippen LogP contribution in [0.4, 0.5) is 4.39 Å². The number of para-hydroxylation sites is 1. The van der Waals surface area contributed by atoms with Crippen molar-refractivity contribution in [3.8, 4) is 22.9 Å². The summed E-state index contributed by atoms with van der Waals surface area (Å²) in [7, 11) is 0. The third-order valence-corrected chi connectivity index (χ3v) is 5.76. The van der Waals surface area contributed by atoms with E-state index in [4.69, 9.17) is 9.26 Å². The topological polar surface area (TPSA) is 99.2 Å². The van der Waals surface area contributed by atoms with Gasteiger partial charge in [0.1, 0.15) is 0 Å². The summed E-state index contributed by atoms with van der Waals surface area (Å²) in [5, 5.41) is 12.5. The number of benzene rings is 2. The first-order valence-corrected chi connectivity index (χ1v) is 11.1. The Hall–Kier alpha value is -4.08. The van der Waals surface area contributed by atoms with E-state index in [-0.39, 0.29) is 23.6 Å². The second kappa shape index (κ2) is 9.05. The lowest BCUT2D eigenvalue weighted by Gasteiger charge is -2.23. The third kappa shape index (κ3) is 3.91. The van der Waals surface area contributed by atoms with Gasteiger partial charge in [0.15, 0.2) is 17.4 Å². The summed E-state index contributed by atoms with van der Waals surface area (Å²) in [5.74, 6) is -0.0783. The molecule has 0 saturated carbocycles. The predicted octanol–water partition coefficient (Wildman–Crippen LogP) is 4.14. The number of amides is 1. The van der Waals surface area contributed by atoms with E-state index in [1.165, 1.54) is 10.9 Å². The molecule has 1 saturated heterocycles. The standard InChI is InChI=1S/C24H23FN6O3/c1-3-33-21-16(6-4-7-18(21)25)23-28-22(29-34-23)20-8-5-13-30(20)24(32)17-14-15(2)9-10-19(17)31-26-11-12-27-31/h4,6-7,9-12,14,20H,3,5,8,13H2,1-2H3. The van der Waals surface area contributed by atoms with Crippen LogP contribution < -0.4 is 4.74 Å². The van der Waals surface area contributed by atoms with Gasteiger partial charge >= 0.3 is 0 Å². The smallest absolute Gasteiger partial charge is 0.261 e. The summed E-state index contributed by atoms with van der Waals surface area (Å²) in [6.45, 7) is 4.55. The maximum atomic E-state index is 14.3. The third-order valence-electron chi connectivity index (χ3n) is 5.76. The molecule has 2 aromatic carbocycles. The van der Waals surface area contributed by atoms with Crippen molar-refractivity contribution in [2.45, 2.75) is 32.7 Å². The Bertz CT molecular complexity index is 1320. The number of carbonyl (C=O) groups is 1. The fourth-order valence-corrected chi connectivity index (χ4v) is 4.22. The summed E-state index contributed by atoms with van der Waals surface area (Å²) in [5.41, 5.74) is 2.42. The number of rotatable bonds is 6. The number of hydrogen-bond acceptors (Lipinski definition) is 7. The van der Waals surface area contributed by atoms with Gasteiger partial charge in [-0.1, -0.05) is 22.9 Å². The molecule has 0 aliphatic carbocycles. The van der Waals surface area contributed by atoms with E-state index in [9.17, 15) is 9.18 Å². The first-order valence-electron chi connectivity index (χ1n) is 11.1. The Balaban J connectivity index is 1.47. The van der Waals surface area contributed by atoms with Crippen LogP contribution in [0, 0.1) is 12.7 Å². The minimum Gasteiger partial charge on any atom is -0.490 e. The van der Waals surface area contributed by atoms with Crippen LogP contribution in [0.5, 0.6) is 5.75 Å². The first-order chi connectivity index (χ1) is 16.6. The molecule has 1 atom stereocenters. The molecule has 1 aliphatic rings. The Morgan fingerprint density at radius 2 is 2.06 bits per heavy atom. The van der Waals surface area contributed by atoms with Gasteiger partial charge in [-0.2, -0.15) is 20.0 Å². The van der Waals surface area contributed by atoms with Crippen LogP contribution in [-0.4, -0.2) is 49.1 Å². The lowest BCUT2D eigenvalue weighted by Crippen LogP contribution is -2.32. The van der Waals surface area contributed by atoms with E-state index in [0.29, 0.717) is 42.2 Å². The molecule has 10 heteroatoms. The highest BCUT2D eigenvalue weighted by molar-refractivity contribution is 5.98. The Morgan fingerprint density at radius 3 is 2.85 bits per heavy atom. The van der Waals surface area contributed by atoms with Crippen LogP contribution in [-0.2, 0) is 0 Å². The SMILES string of the molecule is CCOc1c(F)cccc1-c1nc(C2CCCN2C(=O)c2cc(C)ccc2-n2nccn2)no1. The van der Waals surface area contributed by atoms with E-state index >= 15 is 0 Å². The van der Waals surface area contributed by atoms with Gasteiger partial charge in [0, 0.05) is 6.54 Å². The second-order valence-corrected chi connectivity index (χ2v) is 8.00. The van der Waals surface area contributed by atoms with Crippen molar-refractivity contribution < 1.29 is 18.4 Å². The number of likely N-dealkylation sites (tertiary alicyclic amines) is 1. The first kappa shape index (κ1) is 21.7. The second-order valence-electron chi connectivity index (χ2n) is 8.00.